The molecule has 0 aliphatic carbocycles. The fourth-order valence-corrected chi connectivity index (χ4v) is 5.37. The average molecular weight is 619 g/mol. The third kappa shape index (κ3) is 6.93. The zero-order valence-corrected chi connectivity index (χ0v) is 24.0. The molecule has 206 valence electrons. The van der Waals surface area contributed by atoms with Gasteiger partial charge in [-0.25, -0.2) is 4.79 Å². The van der Waals surface area contributed by atoms with E-state index in [1.807, 2.05) is 30.3 Å². The van der Waals surface area contributed by atoms with E-state index in [9.17, 15) is 19.2 Å². The number of esters is 1. The fourth-order valence-electron chi connectivity index (χ4n) is 4.10. The van der Waals surface area contributed by atoms with Gasteiger partial charge in [0.05, 0.1) is 18.6 Å². The molecule has 0 bridgehead atoms. The van der Waals surface area contributed by atoms with Crippen LogP contribution in [0.3, 0.4) is 0 Å². The fraction of sp³-hybridized carbons (Fsp3) is 0.333. The van der Waals surface area contributed by atoms with E-state index in [4.69, 9.17) is 9.47 Å². The molecule has 2 aliphatic rings. The summed E-state index contributed by atoms with van der Waals surface area (Å²) in [7, 11) is 1.26. The minimum absolute atomic E-state index is 0.188. The van der Waals surface area contributed by atoms with Gasteiger partial charge in [-0.05, 0) is 54.6 Å². The normalized spacial score (nSPS) is 16.6. The molecule has 39 heavy (non-hydrogen) atoms. The summed E-state index contributed by atoms with van der Waals surface area (Å²) in [4.78, 5) is 55.2. The van der Waals surface area contributed by atoms with E-state index in [1.165, 1.54) is 7.11 Å². The van der Waals surface area contributed by atoms with Gasteiger partial charge in [0.15, 0.2) is 18.1 Å². The van der Waals surface area contributed by atoms with Crippen LogP contribution in [-0.4, -0.2) is 85.9 Å². The first-order valence-corrected chi connectivity index (χ1v) is 13.9. The van der Waals surface area contributed by atoms with Gasteiger partial charge in [-0.2, -0.15) is 0 Å². The molecule has 0 unspecified atom stereocenters. The number of thioether (sulfide) groups is 1. The number of benzene rings is 2. The molecule has 0 radical (unpaired) electrons. The van der Waals surface area contributed by atoms with Crippen LogP contribution >= 0.6 is 27.7 Å². The number of imide groups is 1. The molecular formula is C27H28BrN3O7S. The molecule has 2 heterocycles. The van der Waals surface area contributed by atoms with Gasteiger partial charge < -0.3 is 24.0 Å². The molecular weight excluding hydrogens is 590 g/mol. The Balaban J connectivity index is 1.42. The van der Waals surface area contributed by atoms with Crippen molar-refractivity contribution in [3.63, 3.8) is 0 Å². The van der Waals surface area contributed by atoms with E-state index < -0.39 is 17.1 Å². The maximum atomic E-state index is 13.1. The van der Waals surface area contributed by atoms with Crippen LogP contribution in [0.15, 0.2) is 51.8 Å². The molecule has 2 aromatic rings. The second kappa shape index (κ2) is 13.0. The zero-order chi connectivity index (χ0) is 27.9. The van der Waals surface area contributed by atoms with Crippen molar-refractivity contribution < 1.29 is 33.4 Å². The highest BCUT2D eigenvalue weighted by Crippen LogP contribution is 2.38. The lowest BCUT2D eigenvalue weighted by molar-refractivity contribution is -0.143. The number of ether oxygens (including phenoxy) is 3. The third-order valence-electron chi connectivity index (χ3n) is 6.14. The quantitative estimate of drug-likeness (QED) is 0.307. The standard InChI is InChI=1S/C27H28BrN3O7S/c1-3-37-21-13-18(20(28)15-22(21)38-17-25(33)36-2)14-23-26(34)31(27(35)39-23)16-24(32)30-11-9-29(10-12-30)19-7-5-4-6-8-19/h4-8,13-15H,3,9-12,16-17H2,1-2H3/b23-14+. The summed E-state index contributed by atoms with van der Waals surface area (Å²) < 4.78 is 16.3. The van der Waals surface area contributed by atoms with Crippen LogP contribution in [-0.2, 0) is 19.1 Å². The first-order chi connectivity index (χ1) is 18.8. The summed E-state index contributed by atoms with van der Waals surface area (Å²) in [6, 6.07) is 13.2. The predicted molar refractivity (Wildman–Crippen MR) is 151 cm³/mol. The number of halogens is 1. The minimum atomic E-state index is -0.543. The van der Waals surface area contributed by atoms with Gasteiger partial charge in [-0.15, -0.1) is 0 Å². The lowest BCUT2D eigenvalue weighted by Crippen LogP contribution is -2.51. The van der Waals surface area contributed by atoms with Gasteiger partial charge in [-0.3, -0.25) is 19.3 Å². The lowest BCUT2D eigenvalue weighted by Gasteiger charge is -2.36. The smallest absolute Gasteiger partial charge is 0.343 e. The van der Waals surface area contributed by atoms with E-state index in [1.54, 1.807) is 30.0 Å². The number of carbonyl (C=O) groups excluding carboxylic acids is 4. The number of amides is 3. The summed E-state index contributed by atoms with van der Waals surface area (Å²) >= 11 is 4.23. The Bertz CT molecular complexity index is 1280. The largest absolute Gasteiger partial charge is 0.490 e. The SMILES string of the molecule is CCOc1cc(/C=C2/SC(=O)N(CC(=O)N3CCN(c4ccccc4)CC3)C2=O)c(Br)cc1OCC(=O)OC. The van der Waals surface area contributed by atoms with Crippen LogP contribution in [0, 0.1) is 0 Å². The number of rotatable bonds is 9. The van der Waals surface area contributed by atoms with Crippen LogP contribution < -0.4 is 14.4 Å². The van der Waals surface area contributed by atoms with E-state index in [-0.39, 0.29) is 24.0 Å². The van der Waals surface area contributed by atoms with Crippen molar-refractivity contribution >= 4 is 62.5 Å². The summed E-state index contributed by atoms with van der Waals surface area (Å²) in [6.45, 7) is 3.91. The van der Waals surface area contributed by atoms with E-state index in [0.717, 1.165) is 22.3 Å². The number of carbonyl (C=O) groups is 4. The third-order valence-corrected chi connectivity index (χ3v) is 7.74. The lowest BCUT2D eigenvalue weighted by atomic mass is 10.1. The van der Waals surface area contributed by atoms with Crippen LogP contribution in [0.5, 0.6) is 11.5 Å². The van der Waals surface area contributed by atoms with Crippen LogP contribution in [0.2, 0.25) is 0 Å². The van der Waals surface area contributed by atoms with E-state index >= 15 is 0 Å². The van der Waals surface area contributed by atoms with Crippen molar-refractivity contribution in [2.24, 2.45) is 0 Å². The van der Waals surface area contributed by atoms with Gasteiger partial charge in [-0.1, -0.05) is 34.1 Å². The molecule has 0 N–H and O–H groups in total. The monoisotopic (exact) mass is 617 g/mol. The number of para-hydroxylation sites is 1. The second-order valence-corrected chi connectivity index (χ2v) is 10.4. The van der Waals surface area contributed by atoms with Gasteiger partial charge in [0.2, 0.25) is 5.91 Å². The maximum absolute atomic E-state index is 13.1. The highest BCUT2D eigenvalue weighted by Gasteiger charge is 2.37. The first-order valence-electron chi connectivity index (χ1n) is 12.3. The molecule has 12 heteroatoms. The summed E-state index contributed by atoms with van der Waals surface area (Å²) in [5.74, 6) is -0.661. The van der Waals surface area contributed by atoms with E-state index in [0.29, 0.717) is 54.3 Å². The number of hydrogen-bond donors (Lipinski definition) is 0. The molecule has 0 atom stereocenters. The Morgan fingerprint density at radius 1 is 1.03 bits per heavy atom. The molecule has 10 nitrogen and oxygen atoms in total. The Morgan fingerprint density at radius 2 is 1.72 bits per heavy atom. The van der Waals surface area contributed by atoms with Gasteiger partial charge in [0.25, 0.3) is 11.1 Å². The number of piperazine rings is 1. The molecule has 2 fully saturated rings. The maximum Gasteiger partial charge on any atom is 0.343 e. The van der Waals surface area contributed by atoms with E-state index in [2.05, 4.69) is 25.6 Å². The van der Waals surface area contributed by atoms with Gasteiger partial charge in [0, 0.05) is 36.3 Å². The van der Waals surface area contributed by atoms with Crippen LogP contribution in [0.4, 0.5) is 10.5 Å². The predicted octanol–water partition coefficient (Wildman–Crippen LogP) is 3.78. The minimum Gasteiger partial charge on any atom is -0.490 e. The molecule has 0 saturated carbocycles. The number of hydrogen-bond acceptors (Lipinski definition) is 9. The topological polar surface area (TPSA) is 106 Å². The van der Waals surface area contributed by atoms with Crippen molar-refractivity contribution in [2.75, 3.05) is 57.9 Å². The molecule has 0 spiro atoms. The molecule has 2 saturated heterocycles. The number of methoxy groups -OCH3 is 1. The Morgan fingerprint density at radius 3 is 2.38 bits per heavy atom. The Labute approximate surface area is 239 Å². The summed E-state index contributed by atoms with van der Waals surface area (Å²) in [5, 5.41) is -0.498. The number of nitrogens with zero attached hydrogens (tertiary/aromatic N) is 3. The summed E-state index contributed by atoms with van der Waals surface area (Å²) in [5.41, 5.74) is 1.67. The molecule has 4 rings (SSSR count). The molecule has 0 aromatic heterocycles. The molecule has 2 aliphatic heterocycles. The number of anilines is 1. The van der Waals surface area contributed by atoms with Crippen molar-refractivity contribution in [2.45, 2.75) is 6.92 Å². The molecule has 2 aromatic carbocycles. The highest BCUT2D eigenvalue weighted by atomic mass is 79.9. The zero-order valence-electron chi connectivity index (χ0n) is 21.6. The Kier molecular flexibility index (Phi) is 9.52. The average Bonchev–Trinajstić information content (AvgIpc) is 3.21. The van der Waals surface area contributed by atoms with Crippen molar-refractivity contribution in [1.29, 1.82) is 0 Å². The van der Waals surface area contributed by atoms with Gasteiger partial charge >= 0.3 is 5.97 Å². The Hall–Kier alpha value is -3.51. The van der Waals surface area contributed by atoms with Crippen LogP contribution in [0.25, 0.3) is 6.08 Å². The first kappa shape index (κ1) is 28.5. The highest BCUT2D eigenvalue weighted by molar-refractivity contribution is 9.10. The van der Waals surface area contributed by atoms with Gasteiger partial charge in [0.1, 0.15) is 6.54 Å². The van der Waals surface area contributed by atoms with Crippen molar-refractivity contribution in [3.8, 4) is 11.5 Å². The van der Waals surface area contributed by atoms with Crippen molar-refractivity contribution in [1.82, 2.24) is 9.80 Å². The molecule has 3 amide bonds. The van der Waals surface area contributed by atoms with Crippen molar-refractivity contribution in [3.05, 3.63) is 57.4 Å². The summed E-state index contributed by atoms with van der Waals surface area (Å²) in [6.07, 6.45) is 1.56. The second-order valence-electron chi connectivity index (χ2n) is 8.59. The van der Waals surface area contributed by atoms with Crippen LogP contribution in [0.1, 0.15) is 12.5 Å².